The topological polar surface area (TPSA) is 56.1 Å². The average Bonchev–Trinajstić information content (AvgIpc) is 2.25. The molecule has 1 amide bonds. The van der Waals surface area contributed by atoms with Crippen molar-refractivity contribution in [3.8, 4) is 6.07 Å². The Morgan fingerprint density at radius 3 is 2.60 bits per heavy atom. The molecule has 0 saturated carbocycles. The fraction of sp³-hybridized carbons (Fsp3) is 0.818. The van der Waals surface area contributed by atoms with Gasteiger partial charge in [0.25, 0.3) is 0 Å². The second kappa shape index (κ2) is 8.25. The third kappa shape index (κ3) is 5.38. The zero-order valence-corrected chi connectivity index (χ0v) is 9.92. The molecule has 0 fully saturated rings. The van der Waals surface area contributed by atoms with Crippen LogP contribution in [0.4, 0.5) is 0 Å². The van der Waals surface area contributed by atoms with Gasteiger partial charge < -0.3 is 5.32 Å². The molecular weight excluding hydrogens is 190 g/mol. The number of carbonyl (C=O) groups excluding carboxylic acids is 1. The van der Waals surface area contributed by atoms with Crippen molar-refractivity contribution in [2.45, 2.75) is 39.2 Å². The number of amides is 1. The summed E-state index contributed by atoms with van der Waals surface area (Å²) in [5, 5.41) is 11.3. The number of nitrogens with one attached hydrogen (secondary N) is 1. The molecule has 86 valence electrons. The Morgan fingerprint density at radius 1 is 1.53 bits per heavy atom. The molecule has 0 aliphatic heterocycles. The Bertz CT molecular complexity index is 222. The summed E-state index contributed by atoms with van der Waals surface area (Å²) in [7, 11) is 1.64. The van der Waals surface area contributed by atoms with E-state index in [0.717, 1.165) is 19.4 Å². The van der Waals surface area contributed by atoms with Crippen LogP contribution >= 0.6 is 0 Å². The summed E-state index contributed by atoms with van der Waals surface area (Å²) < 4.78 is 0. The molecule has 0 aromatic rings. The van der Waals surface area contributed by atoms with E-state index in [-0.39, 0.29) is 11.9 Å². The third-order valence-electron chi connectivity index (χ3n) is 2.45. The highest BCUT2D eigenvalue weighted by Crippen LogP contribution is 2.08. The van der Waals surface area contributed by atoms with E-state index >= 15 is 0 Å². The van der Waals surface area contributed by atoms with Gasteiger partial charge in [0.05, 0.1) is 19.0 Å². The Kier molecular flexibility index (Phi) is 7.65. The SMILES string of the molecule is CCCN(CC(=O)NC)C(CC)CC#N. The van der Waals surface area contributed by atoms with Crippen LogP contribution in [-0.2, 0) is 4.79 Å². The van der Waals surface area contributed by atoms with Crippen LogP contribution in [-0.4, -0.2) is 37.0 Å². The van der Waals surface area contributed by atoms with Gasteiger partial charge in [0.1, 0.15) is 0 Å². The first-order chi connectivity index (χ1) is 7.19. The first kappa shape index (κ1) is 13.9. The van der Waals surface area contributed by atoms with Gasteiger partial charge in [0.15, 0.2) is 0 Å². The van der Waals surface area contributed by atoms with E-state index in [1.54, 1.807) is 7.05 Å². The highest BCUT2D eigenvalue weighted by molar-refractivity contribution is 5.77. The minimum atomic E-state index is 0.0137. The van der Waals surface area contributed by atoms with E-state index in [1.165, 1.54) is 0 Å². The predicted molar refractivity (Wildman–Crippen MR) is 60.2 cm³/mol. The number of nitriles is 1. The van der Waals surface area contributed by atoms with Crippen molar-refractivity contribution in [1.82, 2.24) is 10.2 Å². The average molecular weight is 211 g/mol. The monoisotopic (exact) mass is 211 g/mol. The molecule has 1 atom stereocenters. The molecule has 0 aliphatic carbocycles. The molecule has 0 radical (unpaired) electrons. The molecule has 1 unspecified atom stereocenters. The van der Waals surface area contributed by atoms with E-state index in [0.29, 0.717) is 13.0 Å². The lowest BCUT2D eigenvalue weighted by Crippen LogP contribution is -2.42. The van der Waals surface area contributed by atoms with Crippen LogP contribution < -0.4 is 5.32 Å². The fourth-order valence-electron chi connectivity index (χ4n) is 1.58. The third-order valence-corrected chi connectivity index (χ3v) is 2.45. The van der Waals surface area contributed by atoms with Gasteiger partial charge in [-0.05, 0) is 19.4 Å². The molecular formula is C11H21N3O. The summed E-state index contributed by atoms with van der Waals surface area (Å²) in [6.07, 6.45) is 2.40. The molecule has 0 aromatic carbocycles. The summed E-state index contributed by atoms with van der Waals surface area (Å²) in [5.74, 6) is 0.0137. The summed E-state index contributed by atoms with van der Waals surface area (Å²) in [6, 6.07) is 2.38. The van der Waals surface area contributed by atoms with E-state index < -0.39 is 0 Å². The van der Waals surface area contributed by atoms with Crippen molar-refractivity contribution in [2.24, 2.45) is 0 Å². The lowest BCUT2D eigenvalue weighted by Gasteiger charge is -2.28. The molecule has 0 bridgehead atoms. The van der Waals surface area contributed by atoms with Gasteiger partial charge in [-0.2, -0.15) is 5.26 Å². The minimum Gasteiger partial charge on any atom is -0.358 e. The van der Waals surface area contributed by atoms with Crippen LogP contribution in [0.1, 0.15) is 33.1 Å². The smallest absolute Gasteiger partial charge is 0.233 e. The van der Waals surface area contributed by atoms with Gasteiger partial charge in [-0.3, -0.25) is 9.69 Å². The molecule has 0 aliphatic rings. The van der Waals surface area contributed by atoms with Crippen molar-refractivity contribution in [2.75, 3.05) is 20.1 Å². The largest absolute Gasteiger partial charge is 0.358 e. The lowest BCUT2D eigenvalue weighted by atomic mass is 10.1. The molecule has 0 rings (SSSR count). The fourth-order valence-corrected chi connectivity index (χ4v) is 1.58. The second-order valence-corrected chi connectivity index (χ2v) is 3.57. The van der Waals surface area contributed by atoms with E-state index in [4.69, 9.17) is 5.26 Å². The first-order valence-electron chi connectivity index (χ1n) is 5.51. The maximum absolute atomic E-state index is 11.3. The summed E-state index contributed by atoms with van der Waals surface area (Å²) in [5.41, 5.74) is 0. The first-order valence-corrected chi connectivity index (χ1v) is 5.51. The number of rotatable bonds is 7. The van der Waals surface area contributed by atoms with Crippen LogP contribution in [0.25, 0.3) is 0 Å². The Balaban J connectivity index is 4.33. The van der Waals surface area contributed by atoms with Crippen LogP contribution in [0.3, 0.4) is 0 Å². The van der Waals surface area contributed by atoms with Gasteiger partial charge in [0.2, 0.25) is 5.91 Å². The van der Waals surface area contributed by atoms with Crippen LogP contribution in [0.5, 0.6) is 0 Å². The molecule has 0 aromatic heterocycles. The normalized spacial score (nSPS) is 12.2. The van der Waals surface area contributed by atoms with Gasteiger partial charge in [-0.25, -0.2) is 0 Å². The standard InChI is InChI=1S/C11H21N3O/c1-4-8-14(9-11(15)13-3)10(5-2)6-7-12/h10H,4-6,8-9H2,1-3H3,(H,13,15). The van der Waals surface area contributed by atoms with E-state index in [9.17, 15) is 4.79 Å². The molecule has 4 nitrogen and oxygen atoms in total. The van der Waals surface area contributed by atoms with Crippen molar-refractivity contribution in [3.63, 3.8) is 0 Å². The quantitative estimate of drug-likeness (QED) is 0.687. The maximum atomic E-state index is 11.3. The van der Waals surface area contributed by atoms with Crippen LogP contribution in [0, 0.1) is 11.3 Å². The lowest BCUT2D eigenvalue weighted by molar-refractivity contribution is -0.122. The van der Waals surface area contributed by atoms with Gasteiger partial charge in [0, 0.05) is 13.1 Å². The maximum Gasteiger partial charge on any atom is 0.233 e. The number of hydrogen-bond acceptors (Lipinski definition) is 3. The number of nitrogens with zero attached hydrogens (tertiary/aromatic N) is 2. The van der Waals surface area contributed by atoms with Gasteiger partial charge in [-0.1, -0.05) is 13.8 Å². The number of carbonyl (C=O) groups is 1. The highest BCUT2D eigenvalue weighted by Gasteiger charge is 2.17. The highest BCUT2D eigenvalue weighted by atomic mass is 16.1. The number of hydrogen-bond donors (Lipinski definition) is 1. The molecule has 15 heavy (non-hydrogen) atoms. The molecule has 4 heteroatoms. The predicted octanol–water partition coefficient (Wildman–Crippen LogP) is 1.14. The Morgan fingerprint density at radius 2 is 2.20 bits per heavy atom. The van der Waals surface area contributed by atoms with Gasteiger partial charge in [-0.15, -0.1) is 0 Å². The van der Waals surface area contributed by atoms with Crippen molar-refractivity contribution in [1.29, 1.82) is 5.26 Å². The zero-order valence-electron chi connectivity index (χ0n) is 9.92. The second-order valence-electron chi connectivity index (χ2n) is 3.57. The summed E-state index contributed by atoms with van der Waals surface area (Å²) >= 11 is 0. The van der Waals surface area contributed by atoms with Crippen molar-refractivity contribution in [3.05, 3.63) is 0 Å². The Hall–Kier alpha value is -1.08. The van der Waals surface area contributed by atoms with Crippen molar-refractivity contribution >= 4 is 5.91 Å². The van der Waals surface area contributed by atoms with Crippen molar-refractivity contribution < 1.29 is 4.79 Å². The summed E-state index contributed by atoms with van der Waals surface area (Å²) in [6.45, 7) is 5.39. The molecule has 0 heterocycles. The van der Waals surface area contributed by atoms with Crippen LogP contribution in [0.15, 0.2) is 0 Å². The molecule has 0 spiro atoms. The zero-order chi connectivity index (χ0) is 11.7. The molecule has 0 saturated heterocycles. The number of likely N-dealkylation sites (N-methyl/N-ethyl adjacent to an activating group) is 1. The molecule has 1 N–H and O–H groups in total. The minimum absolute atomic E-state index is 0.0137. The van der Waals surface area contributed by atoms with E-state index in [2.05, 4.69) is 30.1 Å². The van der Waals surface area contributed by atoms with E-state index in [1.807, 2.05) is 0 Å². The van der Waals surface area contributed by atoms with Gasteiger partial charge >= 0.3 is 0 Å². The Labute approximate surface area is 92.3 Å². The van der Waals surface area contributed by atoms with Crippen LogP contribution in [0.2, 0.25) is 0 Å². The summed E-state index contributed by atoms with van der Waals surface area (Å²) in [4.78, 5) is 13.4.